The molecule has 0 saturated heterocycles. The number of carbonyl (C=O) groups excluding carboxylic acids is 4. The van der Waals surface area contributed by atoms with Crippen LogP contribution < -0.4 is 33.2 Å². The van der Waals surface area contributed by atoms with Gasteiger partial charge in [0.25, 0.3) is 0 Å². The van der Waals surface area contributed by atoms with Gasteiger partial charge in [-0.25, -0.2) is 0 Å². The van der Waals surface area contributed by atoms with E-state index in [0.29, 0.717) is 25.8 Å². The topological polar surface area (TPSA) is 220 Å². The standard InChI is InChI=1S/C18H34N6O6/c1-3-10(2)15(24-16(28)11(20)8-13(21)25)18(30)23-12(6-4-5-7-19)17(29)22-9-14(26)27/h10-12,15H,3-9,19-20H2,1-2H3,(H2,21,25)(H,22,29)(H,23,30)(H,24,28)(H,26,27). The molecule has 4 unspecified atom stereocenters. The van der Waals surface area contributed by atoms with E-state index in [4.69, 9.17) is 22.3 Å². The number of hydrogen-bond acceptors (Lipinski definition) is 7. The molecule has 12 nitrogen and oxygen atoms in total. The summed E-state index contributed by atoms with van der Waals surface area (Å²) in [7, 11) is 0. The molecule has 172 valence electrons. The van der Waals surface area contributed by atoms with Gasteiger partial charge in [-0.05, 0) is 31.7 Å². The number of nitrogens with one attached hydrogen (secondary N) is 3. The van der Waals surface area contributed by atoms with Crippen LogP contribution in [0.15, 0.2) is 0 Å². The summed E-state index contributed by atoms with van der Waals surface area (Å²) in [6.45, 7) is 3.37. The van der Waals surface area contributed by atoms with Crippen LogP contribution in [0.4, 0.5) is 0 Å². The first-order valence-corrected chi connectivity index (χ1v) is 9.87. The van der Waals surface area contributed by atoms with E-state index >= 15 is 0 Å². The molecular formula is C18H34N6O6. The van der Waals surface area contributed by atoms with Crippen molar-refractivity contribution in [3.8, 4) is 0 Å². The predicted octanol–water partition coefficient (Wildman–Crippen LogP) is -2.47. The zero-order valence-corrected chi connectivity index (χ0v) is 17.5. The second kappa shape index (κ2) is 14.3. The van der Waals surface area contributed by atoms with Crippen molar-refractivity contribution < 1.29 is 29.1 Å². The molecule has 0 aliphatic rings. The van der Waals surface area contributed by atoms with Gasteiger partial charge in [0.15, 0.2) is 0 Å². The molecule has 0 aromatic rings. The van der Waals surface area contributed by atoms with Crippen LogP contribution in [-0.2, 0) is 24.0 Å². The van der Waals surface area contributed by atoms with Gasteiger partial charge in [-0.1, -0.05) is 20.3 Å². The fourth-order valence-electron chi connectivity index (χ4n) is 2.58. The van der Waals surface area contributed by atoms with Gasteiger partial charge in [-0.3, -0.25) is 24.0 Å². The predicted molar refractivity (Wildman–Crippen MR) is 109 cm³/mol. The minimum absolute atomic E-state index is 0.247. The van der Waals surface area contributed by atoms with Gasteiger partial charge in [-0.2, -0.15) is 0 Å². The minimum atomic E-state index is -1.22. The highest BCUT2D eigenvalue weighted by Gasteiger charge is 2.31. The van der Waals surface area contributed by atoms with Crippen LogP contribution >= 0.6 is 0 Å². The maximum atomic E-state index is 12.8. The maximum Gasteiger partial charge on any atom is 0.322 e. The van der Waals surface area contributed by atoms with Gasteiger partial charge in [-0.15, -0.1) is 0 Å². The van der Waals surface area contributed by atoms with E-state index in [1.165, 1.54) is 0 Å². The molecule has 12 heteroatoms. The van der Waals surface area contributed by atoms with Crippen LogP contribution in [0.2, 0.25) is 0 Å². The molecule has 4 atom stereocenters. The number of amides is 4. The second-order valence-electron chi connectivity index (χ2n) is 7.11. The summed E-state index contributed by atoms with van der Waals surface area (Å²) in [4.78, 5) is 59.0. The first-order valence-electron chi connectivity index (χ1n) is 9.87. The number of unbranched alkanes of at least 4 members (excludes halogenated alkanes) is 1. The highest BCUT2D eigenvalue weighted by atomic mass is 16.4. The molecule has 0 spiro atoms. The summed E-state index contributed by atoms with van der Waals surface area (Å²) >= 11 is 0. The van der Waals surface area contributed by atoms with Crippen molar-refractivity contribution in [1.29, 1.82) is 0 Å². The summed E-state index contributed by atoms with van der Waals surface area (Å²) in [5.74, 6) is -4.26. The zero-order valence-electron chi connectivity index (χ0n) is 17.5. The molecule has 0 saturated carbocycles. The summed E-state index contributed by atoms with van der Waals surface area (Å²) in [5, 5.41) is 16.0. The molecule has 0 aliphatic heterocycles. The minimum Gasteiger partial charge on any atom is -0.480 e. The molecule has 0 aliphatic carbocycles. The SMILES string of the molecule is CCC(C)C(NC(=O)C(N)CC(N)=O)C(=O)NC(CCCCN)C(=O)NCC(=O)O. The number of nitrogens with two attached hydrogens (primary N) is 3. The first-order chi connectivity index (χ1) is 14.0. The van der Waals surface area contributed by atoms with Gasteiger partial charge < -0.3 is 38.3 Å². The molecule has 4 amide bonds. The maximum absolute atomic E-state index is 12.8. The van der Waals surface area contributed by atoms with Crippen molar-refractivity contribution >= 4 is 29.6 Å². The highest BCUT2D eigenvalue weighted by Crippen LogP contribution is 2.10. The molecule has 0 fully saturated rings. The van der Waals surface area contributed by atoms with E-state index in [9.17, 15) is 24.0 Å². The van der Waals surface area contributed by atoms with Gasteiger partial charge in [0.1, 0.15) is 18.6 Å². The van der Waals surface area contributed by atoms with Gasteiger partial charge in [0.2, 0.25) is 23.6 Å². The smallest absolute Gasteiger partial charge is 0.322 e. The van der Waals surface area contributed by atoms with Gasteiger partial charge in [0, 0.05) is 0 Å². The fraction of sp³-hybridized carbons (Fsp3) is 0.722. The Labute approximate surface area is 175 Å². The van der Waals surface area contributed by atoms with E-state index in [1.54, 1.807) is 6.92 Å². The Hall–Kier alpha value is -2.73. The lowest BCUT2D eigenvalue weighted by molar-refractivity contribution is -0.138. The Morgan fingerprint density at radius 1 is 1.00 bits per heavy atom. The number of rotatable bonds is 15. The van der Waals surface area contributed by atoms with Crippen LogP contribution in [-0.4, -0.2) is 65.9 Å². The second-order valence-corrected chi connectivity index (χ2v) is 7.11. The Balaban J connectivity index is 5.29. The summed E-state index contributed by atoms with van der Waals surface area (Å²) < 4.78 is 0. The molecule has 0 aromatic carbocycles. The Morgan fingerprint density at radius 3 is 2.13 bits per heavy atom. The lowest BCUT2D eigenvalue weighted by Crippen LogP contribution is -2.58. The van der Waals surface area contributed by atoms with Crippen LogP contribution in [0, 0.1) is 5.92 Å². The molecule has 0 radical (unpaired) electrons. The third-order valence-corrected chi connectivity index (χ3v) is 4.54. The molecule has 0 bridgehead atoms. The molecule has 0 rings (SSSR count). The number of carbonyl (C=O) groups is 5. The number of carboxylic acids is 1. The molecule has 30 heavy (non-hydrogen) atoms. The van der Waals surface area contributed by atoms with Crippen molar-refractivity contribution in [2.75, 3.05) is 13.1 Å². The van der Waals surface area contributed by atoms with Gasteiger partial charge >= 0.3 is 5.97 Å². The van der Waals surface area contributed by atoms with Crippen molar-refractivity contribution in [2.45, 2.75) is 64.1 Å². The van der Waals surface area contributed by atoms with Crippen molar-refractivity contribution in [2.24, 2.45) is 23.1 Å². The largest absolute Gasteiger partial charge is 0.480 e. The summed E-state index contributed by atoms with van der Waals surface area (Å²) in [6.07, 6.45) is 1.56. The van der Waals surface area contributed by atoms with Crippen LogP contribution in [0.3, 0.4) is 0 Å². The van der Waals surface area contributed by atoms with E-state index < -0.39 is 54.3 Å². The third kappa shape index (κ3) is 10.7. The Bertz CT molecular complexity index is 614. The van der Waals surface area contributed by atoms with E-state index in [2.05, 4.69) is 16.0 Å². The van der Waals surface area contributed by atoms with E-state index in [1.807, 2.05) is 6.92 Å². The normalized spacial score (nSPS) is 14.7. The first kappa shape index (κ1) is 27.3. The van der Waals surface area contributed by atoms with Crippen molar-refractivity contribution in [3.63, 3.8) is 0 Å². The Kier molecular flexibility index (Phi) is 13.0. The molecule has 10 N–H and O–H groups in total. The number of hydrogen-bond donors (Lipinski definition) is 7. The number of aliphatic carboxylic acids is 1. The van der Waals surface area contributed by atoms with Crippen LogP contribution in [0.5, 0.6) is 0 Å². The third-order valence-electron chi connectivity index (χ3n) is 4.54. The zero-order chi connectivity index (χ0) is 23.3. The lowest BCUT2D eigenvalue weighted by atomic mass is 9.97. The van der Waals surface area contributed by atoms with E-state index in [-0.39, 0.29) is 18.8 Å². The average Bonchev–Trinajstić information content (AvgIpc) is 2.67. The monoisotopic (exact) mass is 430 g/mol. The van der Waals surface area contributed by atoms with Crippen LogP contribution in [0.25, 0.3) is 0 Å². The highest BCUT2D eigenvalue weighted by molar-refractivity contribution is 5.94. The van der Waals surface area contributed by atoms with Crippen molar-refractivity contribution in [3.05, 3.63) is 0 Å². The van der Waals surface area contributed by atoms with E-state index in [0.717, 1.165) is 0 Å². The summed E-state index contributed by atoms with van der Waals surface area (Å²) in [5.41, 5.74) is 16.1. The number of primary amides is 1. The van der Waals surface area contributed by atoms with Gasteiger partial charge in [0.05, 0.1) is 12.5 Å². The molecule has 0 aromatic heterocycles. The van der Waals surface area contributed by atoms with Crippen molar-refractivity contribution in [1.82, 2.24) is 16.0 Å². The molecule has 0 heterocycles. The fourth-order valence-corrected chi connectivity index (χ4v) is 2.58. The molecular weight excluding hydrogens is 396 g/mol. The Morgan fingerprint density at radius 2 is 1.63 bits per heavy atom. The quantitative estimate of drug-likeness (QED) is 0.138. The average molecular weight is 431 g/mol. The lowest BCUT2D eigenvalue weighted by Gasteiger charge is -2.27. The van der Waals surface area contributed by atoms with Crippen LogP contribution in [0.1, 0.15) is 46.0 Å². The number of carboxylic acid groups (broad SMARTS) is 1. The summed E-state index contributed by atoms with van der Waals surface area (Å²) in [6, 6.07) is -3.21.